The van der Waals surface area contributed by atoms with E-state index in [1.807, 2.05) is 0 Å². The summed E-state index contributed by atoms with van der Waals surface area (Å²) in [7, 11) is -4.26. The second kappa shape index (κ2) is 20.8. The minimum atomic E-state index is -4.26. The van der Waals surface area contributed by atoms with Gasteiger partial charge in [-0.1, -0.05) is 97.3 Å². The van der Waals surface area contributed by atoms with Crippen molar-refractivity contribution in [2.75, 3.05) is 0 Å². The molecule has 0 radical (unpaired) electrons. The Kier molecular flexibility index (Phi) is 23.6. The molecule has 1 N–H and O–H groups in total. The molecular formula is C21H43KO4S. The Bertz CT molecular complexity index is 401. The molecule has 0 fully saturated rings. The van der Waals surface area contributed by atoms with E-state index < -0.39 is 21.5 Å². The molecule has 0 spiro atoms. The Labute approximate surface area is 211 Å². The molecule has 0 aliphatic rings. The minimum Gasteiger partial charge on any atom is -0.748 e. The standard InChI is InChI=1S/C21H44O4S.K/c1-3-5-7-9-11-12-14-16-20(22)18-19-21(26(23,24)25)17-15-13-10-8-6-4-2;/h20-22H,3-19H2,1-2H3,(H,23,24,25);/q;+1/p-1. The largest absolute Gasteiger partial charge is 1.00 e. The van der Waals surface area contributed by atoms with Crippen LogP contribution in [0.2, 0.25) is 0 Å². The van der Waals surface area contributed by atoms with Crippen molar-refractivity contribution < 1.29 is 69.5 Å². The smallest absolute Gasteiger partial charge is 0.748 e. The number of hydrogen-bond donors (Lipinski definition) is 1. The molecule has 6 heteroatoms. The molecule has 27 heavy (non-hydrogen) atoms. The van der Waals surface area contributed by atoms with Gasteiger partial charge in [-0.3, -0.25) is 0 Å². The Morgan fingerprint density at radius 2 is 1.07 bits per heavy atom. The van der Waals surface area contributed by atoms with E-state index in [4.69, 9.17) is 0 Å². The molecule has 158 valence electrons. The van der Waals surface area contributed by atoms with E-state index >= 15 is 0 Å². The molecule has 0 saturated carbocycles. The third-order valence-electron chi connectivity index (χ3n) is 5.25. The minimum absolute atomic E-state index is 0. The normalized spacial score (nSPS) is 13.9. The predicted molar refractivity (Wildman–Crippen MR) is 109 cm³/mol. The van der Waals surface area contributed by atoms with Gasteiger partial charge in [0.1, 0.15) is 0 Å². The van der Waals surface area contributed by atoms with Crippen molar-refractivity contribution in [1.29, 1.82) is 0 Å². The van der Waals surface area contributed by atoms with Gasteiger partial charge < -0.3 is 9.66 Å². The van der Waals surface area contributed by atoms with Crippen LogP contribution in [0.4, 0.5) is 0 Å². The van der Waals surface area contributed by atoms with Gasteiger partial charge in [-0.25, -0.2) is 8.42 Å². The Morgan fingerprint density at radius 3 is 1.52 bits per heavy atom. The summed E-state index contributed by atoms with van der Waals surface area (Å²) >= 11 is 0. The number of hydrogen-bond acceptors (Lipinski definition) is 4. The first-order valence-corrected chi connectivity index (χ1v) is 12.5. The maximum atomic E-state index is 11.5. The maximum absolute atomic E-state index is 11.5. The summed E-state index contributed by atoms with van der Waals surface area (Å²) in [6.07, 6.45) is 16.3. The van der Waals surface area contributed by atoms with Gasteiger partial charge >= 0.3 is 51.4 Å². The SMILES string of the molecule is CCCCCCCCCC(O)CCC(CCCCCCCC)S(=O)(=O)[O-].[K+]. The molecule has 0 aromatic heterocycles. The first kappa shape index (κ1) is 30.7. The quantitative estimate of drug-likeness (QED) is 0.194. The van der Waals surface area contributed by atoms with Gasteiger partial charge in [0.25, 0.3) is 0 Å². The molecule has 0 amide bonds. The van der Waals surface area contributed by atoms with E-state index in [1.165, 1.54) is 51.4 Å². The van der Waals surface area contributed by atoms with E-state index in [1.54, 1.807) is 0 Å². The molecule has 4 nitrogen and oxygen atoms in total. The van der Waals surface area contributed by atoms with Gasteiger partial charge in [-0.05, 0) is 25.7 Å². The van der Waals surface area contributed by atoms with E-state index in [0.29, 0.717) is 19.3 Å². The van der Waals surface area contributed by atoms with Crippen molar-refractivity contribution in [1.82, 2.24) is 0 Å². The zero-order chi connectivity index (χ0) is 19.7. The third kappa shape index (κ3) is 20.6. The molecule has 0 aliphatic carbocycles. The van der Waals surface area contributed by atoms with Gasteiger partial charge in [0.05, 0.1) is 16.2 Å². The zero-order valence-corrected chi connectivity index (χ0v) is 22.2. The number of aliphatic hydroxyl groups excluding tert-OH is 1. The molecule has 0 bridgehead atoms. The molecule has 0 rings (SSSR count). The first-order chi connectivity index (χ1) is 12.4. The van der Waals surface area contributed by atoms with Crippen molar-refractivity contribution in [3.05, 3.63) is 0 Å². The van der Waals surface area contributed by atoms with Gasteiger partial charge in [-0.2, -0.15) is 0 Å². The summed E-state index contributed by atoms with van der Waals surface area (Å²) in [5.74, 6) is 0. The van der Waals surface area contributed by atoms with Gasteiger partial charge in [0.15, 0.2) is 0 Å². The number of rotatable bonds is 19. The summed E-state index contributed by atoms with van der Waals surface area (Å²) in [5, 5.41) is 9.25. The van der Waals surface area contributed by atoms with Crippen LogP contribution in [0.3, 0.4) is 0 Å². The van der Waals surface area contributed by atoms with Crippen LogP contribution in [0.5, 0.6) is 0 Å². The molecule has 0 aromatic carbocycles. The van der Waals surface area contributed by atoms with E-state index in [9.17, 15) is 18.1 Å². The second-order valence-corrected chi connectivity index (χ2v) is 9.46. The fraction of sp³-hybridized carbons (Fsp3) is 1.00. The van der Waals surface area contributed by atoms with Crippen LogP contribution < -0.4 is 51.4 Å². The Morgan fingerprint density at radius 1 is 0.667 bits per heavy atom. The van der Waals surface area contributed by atoms with Gasteiger partial charge in [-0.15, -0.1) is 0 Å². The monoisotopic (exact) mass is 430 g/mol. The molecular weight excluding hydrogens is 387 g/mol. The Balaban J connectivity index is 0. The zero-order valence-electron chi connectivity index (χ0n) is 18.3. The summed E-state index contributed by atoms with van der Waals surface area (Å²) in [5.41, 5.74) is 0. The number of unbranched alkanes of at least 4 members (excludes halogenated alkanes) is 11. The molecule has 0 saturated heterocycles. The van der Waals surface area contributed by atoms with Crippen LogP contribution in [0.1, 0.15) is 123 Å². The van der Waals surface area contributed by atoms with Crippen LogP contribution in [0.25, 0.3) is 0 Å². The van der Waals surface area contributed by atoms with Crippen LogP contribution in [0.15, 0.2) is 0 Å². The fourth-order valence-corrected chi connectivity index (χ4v) is 4.33. The first-order valence-electron chi connectivity index (χ1n) is 11.0. The summed E-state index contributed by atoms with van der Waals surface area (Å²) < 4.78 is 34.4. The van der Waals surface area contributed by atoms with Crippen LogP contribution in [-0.4, -0.2) is 29.4 Å². The number of aliphatic hydroxyl groups is 1. The summed E-state index contributed by atoms with van der Waals surface area (Å²) in [4.78, 5) is 0. The topological polar surface area (TPSA) is 77.4 Å². The molecule has 0 aliphatic heterocycles. The second-order valence-electron chi connectivity index (χ2n) is 7.81. The van der Waals surface area contributed by atoms with Crippen LogP contribution in [0, 0.1) is 0 Å². The average Bonchev–Trinajstić information content (AvgIpc) is 2.58. The van der Waals surface area contributed by atoms with E-state index in [2.05, 4.69) is 13.8 Å². The van der Waals surface area contributed by atoms with Crippen LogP contribution in [-0.2, 0) is 10.1 Å². The van der Waals surface area contributed by atoms with Crippen molar-refractivity contribution in [2.45, 2.75) is 134 Å². The summed E-state index contributed by atoms with van der Waals surface area (Å²) in [6, 6.07) is 0. The molecule has 2 atom stereocenters. The summed E-state index contributed by atoms with van der Waals surface area (Å²) in [6.45, 7) is 4.37. The van der Waals surface area contributed by atoms with E-state index in [-0.39, 0.29) is 51.4 Å². The molecule has 2 unspecified atom stereocenters. The maximum Gasteiger partial charge on any atom is 1.00 e. The van der Waals surface area contributed by atoms with Crippen LogP contribution >= 0.6 is 0 Å². The fourth-order valence-electron chi connectivity index (χ4n) is 3.45. The molecule has 0 heterocycles. The van der Waals surface area contributed by atoms with Gasteiger partial charge in [0, 0.05) is 5.25 Å². The Hall–Kier alpha value is 1.51. The molecule has 0 aromatic rings. The van der Waals surface area contributed by atoms with Crippen molar-refractivity contribution in [3.63, 3.8) is 0 Å². The van der Waals surface area contributed by atoms with Crippen molar-refractivity contribution in [2.24, 2.45) is 0 Å². The van der Waals surface area contributed by atoms with Crippen molar-refractivity contribution >= 4 is 10.1 Å². The van der Waals surface area contributed by atoms with E-state index in [0.717, 1.165) is 38.5 Å². The van der Waals surface area contributed by atoms with Gasteiger partial charge in [0.2, 0.25) is 0 Å². The predicted octanol–water partition coefficient (Wildman–Crippen LogP) is 2.94. The average molecular weight is 431 g/mol. The van der Waals surface area contributed by atoms with Crippen molar-refractivity contribution in [3.8, 4) is 0 Å². The third-order valence-corrected chi connectivity index (χ3v) is 6.54.